The lowest BCUT2D eigenvalue weighted by Gasteiger charge is -2.19. The molecule has 2 aromatic carbocycles. The van der Waals surface area contributed by atoms with Crippen LogP contribution in [-0.2, 0) is 20.9 Å². The number of hydrogen-bond acceptors (Lipinski definition) is 5. The van der Waals surface area contributed by atoms with Crippen molar-refractivity contribution in [2.75, 3.05) is 44.1 Å². The van der Waals surface area contributed by atoms with Crippen molar-refractivity contribution in [3.05, 3.63) is 59.7 Å². The third-order valence-electron chi connectivity index (χ3n) is 5.09. The Kier molecular flexibility index (Phi) is 6.72. The number of esters is 1. The summed E-state index contributed by atoms with van der Waals surface area (Å²) in [7, 11) is 5.62. The van der Waals surface area contributed by atoms with Crippen LogP contribution in [0.15, 0.2) is 48.5 Å². The largest absolute Gasteiger partial charge is 0.452 e. The SMILES string of the molecule is CN(Cc1ccc(N(C)C)cc1)C(=O)COC(=O)c1cccc(N2CCCC2=O)c1. The number of rotatable bonds is 7. The molecule has 158 valence electrons. The lowest BCUT2D eigenvalue weighted by molar-refractivity contribution is -0.133. The fraction of sp³-hybridized carbons (Fsp3) is 0.348. The Bertz CT molecular complexity index is 924. The number of carbonyl (C=O) groups is 3. The molecule has 0 radical (unpaired) electrons. The maximum absolute atomic E-state index is 12.4. The summed E-state index contributed by atoms with van der Waals surface area (Å²) in [5.41, 5.74) is 3.07. The molecule has 2 aromatic rings. The van der Waals surface area contributed by atoms with E-state index >= 15 is 0 Å². The van der Waals surface area contributed by atoms with E-state index in [4.69, 9.17) is 4.74 Å². The van der Waals surface area contributed by atoms with Crippen LogP contribution in [0.2, 0.25) is 0 Å². The highest BCUT2D eigenvalue weighted by atomic mass is 16.5. The number of carbonyl (C=O) groups excluding carboxylic acids is 3. The van der Waals surface area contributed by atoms with E-state index in [0.29, 0.717) is 30.8 Å². The van der Waals surface area contributed by atoms with Gasteiger partial charge in [0.15, 0.2) is 6.61 Å². The Balaban J connectivity index is 1.53. The Morgan fingerprint density at radius 1 is 1.07 bits per heavy atom. The topological polar surface area (TPSA) is 70.2 Å². The molecule has 0 saturated carbocycles. The Morgan fingerprint density at radius 2 is 1.80 bits per heavy atom. The Hall–Kier alpha value is -3.35. The molecule has 0 aliphatic carbocycles. The Morgan fingerprint density at radius 3 is 2.43 bits per heavy atom. The lowest BCUT2D eigenvalue weighted by Crippen LogP contribution is -2.31. The van der Waals surface area contributed by atoms with Crippen LogP contribution in [0.25, 0.3) is 0 Å². The second-order valence-electron chi connectivity index (χ2n) is 7.59. The van der Waals surface area contributed by atoms with Gasteiger partial charge in [0.25, 0.3) is 5.91 Å². The maximum Gasteiger partial charge on any atom is 0.338 e. The minimum atomic E-state index is -0.583. The molecular formula is C23H27N3O4. The molecule has 0 N–H and O–H groups in total. The second kappa shape index (κ2) is 9.43. The first-order chi connectivity index (χ1) is 14.3. The van der Waals surface area contributed by atoms with Gasteiger partial charge < -0.3 is 19.4 Å². The van der Waals surface area contributed by atoms with Crippen molar-refractivity contribution in [2.45, 2.75) is 19.4 Å². The minimum Gasteiger partial charge on any atom is -0.452 e. The summed E-state index contributed by atoms with van der Waals surface area (Å²) >= 11 is 0. The summed E-state index contributed by atoms with van der Waals surface area (Å²) in [5.74, 6) is -0.817. The minimum absolute atomic E-state index is 0.0518. The third kappa shape index (κ3) is 5.17. The van der Waals surface area contributed by atoms with Crippen molar-refractivity contribution < 1.29 is 19.1 Å². The standard InChI is InChI=1S/C23H27N3O4/c1-24(2)19-11-9-17(10-12-19)15-25(3)22(28)16-30-23(29)18-6-4-7-20(14-18)26-13-5-8-21(26)27/h4,6-7,9-12,14H,5,8,13,15-16H2,1-3H3. The zero-order valence-corrected chi connectivity index (χ0v) is 17.6. The molecule has 2 amide bonds. The molecule has 1 aliphatic heterocycles. The van der Waals surface area contributed by atoms with Crippen LogP contribution in [-0.4, -0.2) is 57.0 Å². The van der Waals surface area contributed by atoms with Gasteiger partial charge >= 0.3 is 5.97 Å². The number of benzene rings is 2. The van der Waals surface area contributed by atoms with E-state index in [1.165, 1.54) is 4.90 Å². The molecule has 1 saturated heterocycles. The van der Waals surface area contributed by atoms with E-state index in [1.54, 1.807) is 36.2 Å². The van der Waals surface area contributed by atoms with Gasteiger partial charge in [-0.3, -0.25) is 9.59 Å². The molecule has 30 heavy (non-hydrogen) atoms. The van der Waals surface area contributed by atoms with Crippen LogP contribution in [0.3, 0.4) is 0 Å². The molecule has 3 rings (SSSR count). The zero-order chi connectivity index (χ0) is 21.7. The van der Waals surface area contributed by atoms with Crippen molar-refractivity contribution in [3.63, 3.8) is 0 Å². The summed E-state index contributed by atoms with van der Waals surface area (Å²) in [4.78, 5) is 41.8. The number of ether oxygens (including phenoxy) is 1. The van der Waals surface area contributed by atoms with Crippen molar-refractivity contribution in [2.24, 2.45) is 0 Å². The van der Waals surface area contributed by atoms with E-state index < -0.39 is 5.97 Å². The highest BCUT2D eigenvalue weighted by molar-refractivity contribution is 5.97. The van der Waals surface area contributed by atoms with Crippen LogP contribution in [0, 0.1) is 0 Å². The van der Waals surface area contributed by atoms with Gasteiger partial charge in [0, 0.05) is 52.0 Å². The fourth-order valence-electron chi connectivity index (χ4n) is 3.30. The fourth-order valence-corrected chi connectivity index (χ4v) is 3.30. The molecule has 0 atom stereocenters. The molecule has 1 fully saturated rings. The van der Waals surface area contributed by atoms with Crippen LogP contribution < -0.4 is 9.80 Å². The monoisotopic (exact) mass is 409 g/mol. The summed E-state index contributed by atoms with van der Waals surface area (Å²) in [6.45, 7) is 0.741. The molecular weight excluding hydrogens is 382 g/mol. The predicted octanol–water partition coefficient (Wildman–Crippen LogP) is 2.69. The molecule has 0 bridgehead atoms. The van der Waals surface area contributed by atoms with Crippen molar-refractivity contribution in [3.8, 4) is 0 Å². The molecule has 0 aromatic heterocycles. The first-order valence-corrected chi connectivity index (χ1v) is 9.93. The van der Waals surface area contributed by atoms with Gasteiger partial charge in [0.2, 0.25) is 5.91 Å². The smallest absolute Gasteiger partial charge is 0.338 e. The van der Waals surface area contributed by atoms with Gasteiger partial charge in [-0.2, -0.15) is 0 Å². The lowest BCUT2D eigenvalue weighted by atomic mass is 10.2. The van der Waals surface area contributed by atoms with Crippen LogP contribution in [0.4, 0.5) is 11.4 Å². The van der Waals surface area contributed by atoms with Crippen molar-refractivity contribution in [1.29, 1.82) is 0 Å². The van der Waals surface area contributed by atoms with Crippen LogP contribution in [0.5, 0.6) is 0 Å². The van der Waals surface area contributed by atoms with Gasteiger partial charge in [-0.15, -0.1) is 0 Å². The van der Waals surface area contributed by atoms with E-state index in [0.717, 1.165) is 17.7 Å². The first-order valence-electron chi connectivity index (χ1n) is 9.93. The molecule has 7 heteroatoms. The maximum atomic E-state index is 12.4. The average molecular weight is 409 g/mol. The molecule has 1 aliphatic rings. The number of hydrogen-bond donors (Lipinski definition) is 0. The third-order valence-corrected chi connectivity index (χ3v) is 5.09. The summed E-state index contributed by atoms with van der Waals surface area (Å²) in [5, 5.41) is 0. The second-order valence-corrected chi connectivity index (χ2v) is 7.59. The molecule has 1 heterocycles. The van der Waals surface area contributed by atoms with Gasteiger partial charge in [-0.05, 0) is 42.3 Å². The van der Waals surface area contributed by atoms with Gasteiger partial charge in [-0.25, -0.2) is 4.79 Å². The van der Waals surface area contributed by atoms with Gasteiger partial charge in [0.05, 0.1) is 5.56 Å². The zero-order valence-electron chi connectivity index (χ0n) is 17.6. The first kappa shape index (κ1) is 21.4. The number of nitrogens with zero attached hydrogens (tertiary/aromatic N) is 3. The number of amides is 2. The Labute approximate surface area is 176 Å². The van der Waals surface area contributed by atoms with E-state index in [2.05, 4.69) is 0 Å². The summed E-state index contributed by atoms with van der Waals surface area (Å²) < 4.78 is 5.20. The van der Waals surface area contributed by atoms with E-state index in [9.17, 15) is 14.4 Å². The highest BCUT2D eigenvalue weighted by Crippen LogP contribution is 2.22. The summed E-state index contributed by atoms with van der Waals surface area (Å²) in [6.07, 6.45) is 1.33. The molecule has 0 spiro atoms. The predicted molar refractivity (Wildman–Crippen MR) is 116 cm³/mol. The van der Waals surface area contributed by atoms with Gasteiger partial charge in [-0.1, -0.05) is 18.2 Å². The van der Waals surface area contributed by atoms with Crippen LogP contribution >= 0.6 is 0 Å². The van der Waals surface area contributed by atoms with Gasteiger partial charge in [0.1, 0.15) is 0 Å². The summed E-state index contributed by atoms with van der Waals surface area (Å²) in [6, 6.07) is 14.7. The quantitative estimate of drug-likeness (QED) is 0.658. The van der Waals surface area contributed by atoms with Crippen LogP contribution in [0.1, 0.15) is 28.8 Å². The highest BCUT2D eigenvalue weighted by Gasteiger charge is 2.22. The number of anilines is 2. The number of likely N-dealkylation sites (N-methyl/N-ethyl adjacent to an activating group) is 1. The van der Waals surface area contributed by atoms with Crippen molar-refractivity contribution >= 4 is 29.2 Å². The average Bonchev–Trinajstić information content (AvgIpc) is 3.18. The molecule has 0 unspecified atom stereocenters. The van der Waals surface area contributed by atoms with E-state index in [-0.39, 0.29) is 18.4 Å². The van der Waals surface area contributed by atoms with E-state index in [1.807, 2.05) is 43.3 Å². The van der Waals surface area contributed by atoms with Crippen molar-refractivity contribution in [1.82, 2.24) is 4.90 Å². The normalized spacial score (nSPS) is 13.3. The molecule has 7 nitrogen and oxygen atoms in total.